The summed E-state index contributed by atoms with van der Waals surface area (Å²) in [5.74, 6) is 0.859. The third-order valence-corrected chi connectivity index (χ3v) is 1.47. The second kappa shape index (κ2) is 4.61. The van der Waals surface area contributed by atoms with E-state index < -0.39 is 0 Å². The number of hydrogen-bond donors (Lipinski definition) is 0. The summed E-state index contributed by atoms with van der Waals surface area (Å²) in [5.41, 5.74) is 0.658. The zero-order chi connectivity index (χ0) is 9.68. The van der Waals surface area contributed by atoms with Crippen molar-refractivity contribution < 1.29 is 14.2 Å². The SMILES string of the molecule is COCc1ncc(OC)nc1OC. The zero-order valence-electron chi connectivity index (χ0n) is 7.90. The summed E-state index contributed by atoms with van der Waals surface area (Å²) in [7, 11) is 4.65. The van der Waals surface area contributed by atoms with Crippen LogP contribution in [0, 0.1) is 0 Å². The van der Waals surface area contributed by atoms with E-state index in [1.54, 1.807) is 7.11 Å². The Morgan fingerprint density at radius 1 is 1.23 bits per heavy atom. The van der Waals surface area contributed by atoms with Crippen LogP contribution in [0.2, 0.25) is 0 Å². The fourth-order valence-electron chi connectivity index (χ4n) is 0.879. The molecule has 0 fully saturated rings. The first-order chi connectivity index (χ1) is 6.31. The highest BCUT2D eigenvalue weighted by Gasteiger charge is 2.07. The van der Waals surface area contributed by atoms with Crippen molar-refractivity contribution in [2.45, 2.75) is 6.61 Å². The molecular formula is C8H12N2O3. The lowest BCUT2D eigenvalue weighted by Crippen LogP contribution is -2.01. The van der Waals surface area contributed by atoms with Crippen LogP contribution in [0.4, 0.5) is 0 Å². The first-order valence-corrected chi connectivity index (χ1v) is 3.74. The highest BCUT2D eigenvalue weighted by atomic mass is 16.5. The molecule has 0 saturated heterocycles. The highest BCUT2D eigenvalue weighted by molar-refractivity contribution is 5.21. The van der Waals surface area contributed by atoms with E-state index in [0.717, 1.165) is 0 Å². The molecule has 1 rings (SSSR count). The van der Waals surface area contributed by atoms with E-state index >= 15 is 0 Å². The molecule has 0 aromatic carbocycles. The molecule has 0 amide bonds. The summed E-state index contributed by atoms with van der Waals surface area (Å²) in [6.45, 7) is 0.375. The van der Waals surface area contributed by atoms with Gasteiger partial charge in [-0.15, -0.1) is 0 Å². The molecule has 1 heterocycles. The van der Waals surface area contributed by atoms with Crippen molar-refractivity contribution in [1.82, 2.24) is 9.97 Å². The fraction of sp³-hybridized carbons (Fsp3) is 0.500. The monoisotopic (exact) mass is 184 g/mol. The second-order valence-electron chi connectivity index (χ2n) is 2.30. The van der Waals surface area contributed by atoms with Crippen molar-refractivity contribution in [3.05, 3.63) is 11.9 Å². The quantitative estimate of drug-likeness (QED) is 0.687. The molecule has 0 N–H and O–H groups in total. The Bertz CT molecular complexity index is 278. The Balaban J connectivity index is 2.93. The molecule has 0 atom stereocenters. The Morgan fingerprint density at radius 2 is 2.00 bits per heavy atom. The summed E-state index contributed by atoms with van der Waals surface area (Å²) in [6.07, 6.45) is 1.52. The van der Waals surface area contributed by atoms with Gasteiger partial charge in [-0.25, -0.2) is 4.98 Å². The van der Waals surface area contributed by atoms with Crippen LogP contribution in [0.25, 0.3) is 0 Å². The van der Waals surface area contributed by atoms with Gasteiger partial charge in [-0.2, -0.15) is 4.98 Å². The third-order valence-electron chi connectivity index (χ3n) is 1.47. The Labute approximate surface area is 76.7 Å². The van der Waals surface area contributed by atoms with Gasteiger partial charge in [0, 0.05) is 7.11 Å². The van der Waals surface area contributed by atoms with Gasteiger partial charge in [0.05, 0.1) is 27.0 Å². The molecule has 0 aliphatic carbocycles. The highest BCUT2D eigenvalue weighted by Crippen LogP contribution is 2.16. The summed E-state index contributed by atoms with van der Waals surface area (Å²) in [6, 6.07) is 0. The molecule has 0 unspecified atom stereocenters. The molecule has 72 valence electrons. The summed E-state index contributed by atoms with van der Waals surface area (Å²) in [5, 5.41) is 0. The van der Waals surface area contributed by atoms with Crippen LogP contribution < -0.4 is 9.47 Å². The number of aromatic nitrogens is 2. The summed E-state index contributed by atoms with van der Waals surface area (Å²) < 4.78 is 14.8. The Kier molecular flexibility index (Phi) is 3.45. The molecule has 1 aromatic heterocycles. The van der Waals surface area contributed by atoms with Crippen LogP contribution in [0.15, 0.2) is 6.20 Å². The molecule has 5 heteroatoms. The van der Waals surface area contributed by atoms with Crippen molar-refractivity contribution in [2.75, 3.05) is 21.3 Å². The average Bonchev–Trinajstić information content (AvgIpc) is 2.19. The standard InChI is InChI=1S/C8H12N2O3/c1-11-5-6-8(13-3)10-7(12-2)4-9-6/h4H,5H2,1-3H3. The summed E-state index contributed by atoms with van der Waals surface area (Å²) >= 11 is 0. The van der Waals surface area contributed by atoms with Crippen LogP contribution in [0.5, 0.6) is 11.8 Å². The number of rotatable bonds is 4. The van der Waals surface area contributed by atoms with E-state index in [1.807, 2.05) is 0 Å². The number of nitrogens with zero attached hydrogens (tertiary/aromatic N) is 2. The van der Waals surface area contributed by atoms with E-state index in [2.05, 4.69) is 9.97 Å². The van der Waals surface area contributed by atoms with Crippen molar-refractivity contribution in [3.8, 4) is 11.8 Å². The van der Waals surface area contributed by atoms with E-state index in [1.165, 1.54) is 20.4 Å². The van der Waals surface area contributed by atoms with Gasteiger partial charge < -0.3 is 14.2 Å². The van der Waals surface area contributed by atoms with Crippen LogP contribution in [-0.2, 0) is 11.3 Å². The smallest absolute Gasteiger partial charge is 0.241 e. The van der Waals surface area contributed by atoms with Gasteiger partial charge in [0.15, 0.2) is 0 Å². The molecule has 0 bridgehead atoms. The second-order valence-corrected chi connectivity index (χ2v) is 2.30. The first-order valence-electron chi connectivity index (χ1n) is 3.74. The number of methoxy groups -OCH3 is 3. The van der Waals surface area contributed by atoms with Gasteiger partial charge in [-0.1, -0.05) is 0 Å². The zero-order valence-corrected chi connectivity index (χ0v) is 7.90. The average molecular weight is 184 g/mol. The van der Waals surface area contributed by atoms with Gasteiger partial charge in [0.25, 0.3) is 0 Å². The topological polar surface area (TPSA) is 53.5 Å². The molecule has 0 aliphatic rings. The normalized spacial score (nSPS) is 9.77. The van der Waals surface area contributed by atoms with E-state index in [9.17, 15) is 0 Å². The van der Waals surface area contributed by atoms with Crippen LogP contribution in [0.1, 0.15) is 5.69 Å². The summed E-state index contributed by atoms with van der Waals surface area (Å²) in [4.78, 5) is 8.11. The fourth-order valence-corrected chi connectivity index (χ4v) is 0.879. The van der Waals surface area contributed by atoms with E-state index in [-0.39, 0.29) is 0 Å². The van der Waals surface area contributed by atoms with Gasteiger partial charge in [0.2, 0.25) is 11.8 Å². The van der Waals surface area contributed by atoms with Crippen LogP contribution in [0.3, 0.4) is 0 Å². The van der Waals surface area contributed by atoms with E-state index in [0.29, 0.717) is 24.1 Å². The van der Waals surface area contributed by atoms with Gasteiger partial charge in [0.1, 0.15) is 5.69 Å². The third kappa shape index (κ3) is 2.29. The molecule has 1 aromatic rings. The van der Waals surface area contributed by atoms with Crippen LogP contribution >= 0.6 is 0 Å². The molecular weight excluding hydrogens is 172 g/mol. The van der Waals surface area contributed by atoms with Crippen molar-refractivity contribution in [3.63, 3.8) is 0 Å². The van der Waals surface area contributed by atoms with Gasteiger partial charge >= 0.3 is 0 Å². The Morgan fingerprint density at radius 3 is 2.54 bits per heavy atom. The lowest BCUT2D eigenvalue weighted by molar-refractivity contribution is 0.176. The molecule has 0 spiro atoms. The predicted octanol–water partition coefficient (Wildman–Crippen LogP) is 0.640. The largest absolute Gasteiger partial charge is 0.480 e. The minimum atomic E-state index is 0.375. The predicted molar refractivity (Wildman–Crippen MR) is 45.8 cm³/mol. The first kappa shape index (κ1) is 9.73. The van der Waals surface area contributed by atoms with Gasteiger partial charge in [-0.3, -0.25) is 0 Å². The minimum absolute atomic E-state index is 0.375. The maximum atomic E-state index is 5.01. The number of hydrogen-bond acceptors (Lipinski definition) is 5. The minimum Gasteiger partial charge on any atom is -0.480 e. The van der Waals surface area contributed by atoms with Crippen LogP contribution in [-0.4, -0.2) is 31.3 Å². The molecule has 0 aliphatic heterocycles. The molecule has 5 nitrogen and oxygen atoms in total. The van der Waals surface area contributed by atoms with Crippen molar-refractivity contribution in [2.24, 2.45) is 0 Å². The lowest BCUT2D eigenvalue weighted by atomic mass is 10.4. The molecule has 0 radical (unpaired) electrons. The maximum Gasteiger partial charge on any atom is 0.241 e. The van der Waals surface area contributed by atoms with Crippen molar-refractivity contribution >= 4 is 0 Å². The lowest BCUT2D eigenvalue weighted by Gasteiger charge is -2.06. The maximum absolute atomic E-state index is 5.01. The molecule has 0 saturated carbocycles. The van der Waals surface area contributed by atoms with Gasteiger partial charge in [-0.05, 0) is 0 Å². The van der Waals surface area contributed by atoms with E-state index in [4.69, 9.17) is 14.2 Å². The van der Waals surface area contributed by atoms with Crippen molar-refractivity contribution in [1.29, 1.82) is 0 Å². The molecule has 13 heavy (non-hydrogen) atoms. The Hall–Kier alpha value is -1.36. The number of ether oxygens (including phenoxy) is 3.